The van der Waals surface area contributed by atoms with Gasteiger partial charge < -0.3 is 5.73 Å². The maximum atomic E-state index is 9.15. The van der Waals surface area contributed by atoms with E-state index in [9.17, 15) is 0 Å². The molecule has 0 aliphatic heterocycles. The zero-order chi connectivity index (χ0) is 16.2. The Morgan fingerprint density at radius 1 is 1.05 bits per heavy atom. The number of pyridine rings is 1. The van der Waals surface area contributed by atoms with Crippen LogP contribution in [-0.4, -0.2) is 4.98 Å². The second-order valence-corrected chi connectivity index (χ2v) is 6.16. The van der Waals surface area contributed by atoms with Gasteiger partial charge in [-0.25, -0.2) is 0 Å². The Kier molecular flexibility index (Phi) is 9.30. The van der Waals surface area contributed by atoms with Crippen LogP contribution >= 0.6 is 0 Å². The van der Waals surface area contributed by atoms with Crippen molar-refractivity contribution in [2.75, 3.05) is 5.73 Å². The molecule has 1 rings (SSSR count). The predicted octanol–water partition coefficient (Wildman–Crippen LogP) is 5.56. The summed E-state index contributed by atoms with van der Waals surface area (Å²) in [5.74, 6) is 0.404. The first-order valence-corrected chi connectivity index (χ1v) is 8.89. The van der Waals surface area contributed by atoms with Crippen LogP contribution in [0.5, 0.6) is 0 Å². The first-order valence-electron chi connectivity index (χ1n) is 8.89. The number of nitrogens with two attached hydrogens (primary N) is 1. The van der Waals surface area contributed by atoms with E-state index in [4.69, 9.17) is 11.0 Å². The Morgan fingerprint density at radius 3 is 2.27 bits per heavy atom. The van der Waals surface area contributed by atoms with Crippen molar-refractivity contribution in [2.45, 2.75) is 84.0 Å². The second kappa shape index (κ2) is 11.1. The zero-order valence-electron chi connectivity index (χ0n) is 14.3. The maximum absolute atomic E-state index is 9.15. The molecular weight excluding hydrogens is 270 g/mol. The van der Waals surface area contributed by atoms with Crippen LogP contribution in [0.3, 0.4) is 0 Å². The molecule has 1 aromatic heterocycles. The van der Waals surface area contributed by atoms with Crippen LogP contribution in [-0.2, 0) is 0 Å². The number of rotatable bonds is 11. The number of nitriles is 1. The van der Waals surface area contributed by atoms with E-state index in [2.05, 4.69) is 24.9 Å². The van der Waals surface area contributed by atoms with Crippen molar-refractivity contribution in [2.24, 2.45) is 0 Å². The highest BCUT2D eigenvalue weighted by atomic mass is 14.7. The van der Waals surface area contributed by atoms with Crippen molar-refractivity contribution in [3.8, 4) is 6.07 Å². The van der Waals surface area contributed by atoms with Gasteiger partial charge >= 0.3 is 0 Å². The summed E-state index contributed by atoms with van der Waals surface area (Å²) in [4.78, 5) is 4.50. The van der Waals surface area contributed by atoms with Gasteiger partial charge in [-0.15, -0.1) is 0 Å². The average Bonchev–Trinajstić information content (AvgIpc) is 2.53. The Hall–Kier alpha value is -1.56. The van der Waals surface area contributed by atoms with Gasteiger partial charge in [-0.2, -0.15) is 5.26 Å². The first-order chi connectivity index (χ1) is 10.7. The molecule has 0 aliphatic carbocycles. The van der Waals surface area contributed by atoms with Crippen molar-refractivity contribution in [3.05, 3.63) is 23.5 Å². The summed E-state index contributed by atoms with van der Waals surface area (Å²) < 4.78 is 0. The number of hydrogen-bond donors (Lipinski definition) is 1. The quantitative estimate of drug-likeness (QED) is 0.544. The summed E-state index contributed by atoms with van der Waals surface area (Å²) in [6, 6.07) is 3.89. The van der Waals surface area contributed by atoms with Gasteiger partial charge in [0.05, 0.1) is 16.9 Å². The SMILES string of the molecule is CCCCCCCC(CCCCC)c1nccc(C#N)c1N. The highest BCUT2D eigenvalue weighted by Gasteiger charge is 2.17. The van der Waals surface area contributed by atoms with Crippen molar-refractivity contribution >= 4 is 5.69 Å². The van der Waals surface area contributed by atoms with Crippen molar-refractivity contribution in [3.63, 3.8) is 0 Å². The Balaban J connectivity index is 2.70. The number of unbranched alkanes of at least 4 members (excludes halogenated alkanes) is 6. The molecule has 0 radical (unpaired) electrons. The van der Waals surface area contributed by atoms with E-state index >= 15 is 0 Å². The lowest BCUT2D eigenvalue weighted by Gasteiger charge is -2.18. The maximum Gasteiger partial charge on any atom is 0.101 e. The summed E-state index contributed by atoms with van der Waals surface area (Å²) in [6.07, 6.45) is 14.1. The Bertz CT molecular complexity index is 462. The van der Waals surface area contributed by atoms with Gasteiger partial charge in [0, 0.05) is 12.1 Å². The van der Waals surface area contributed by atoms with E-state index in [0.29, 0.717) is 17.2 Å². The van der Waals surface area contributed by atoms with E-state index in [-0.39, 0.29) is 0 Å². The molecule has 1 aromatic rings. The molecule has 3 heteroatoms. The highest BCUT2D eigenvalue weighted by Crippen LogP contribution is 2.31. The molecule has 0 bridgehead atoms. The van der Waals surface area contributed by atoms with Crippen molar-refractivity contribution < 1.29 is 0 Å². The van der Waals surface area contributed by atoms with E-state index < -0.39 is 0 Å². The standard InChI is InChI=1S/C19H31N3/c1-3-5-7-8-10-12-16(11-9-6-4-2)19-18(21)17(15-20)13-14-22-19/h13-14,16H,3-12,21H2,1-2H3. The minimum Gasteiger partial charge on any atom is -0.396 e. The van der Waals surface area contributed by atoms with E-state index in [1.807, 2.05) is 0 Å². The molecule has 22 heavy (non-hydrogen) atoms. The average molecular weight is 301 g/mol. The lowest BCUT2D eigenvalue weighted by Crippen LogP contribution is -2.08. The molecule has 3 nitrogen and oxygen atoms in total. The van der Waals surface area contributed by atoms with Crippen molar-refractivity contribution in [1.29, 1.82) is 5.26 Å². The Labute approximate surface area is 135 Å². The zero-order valence-corrected chi connectivity index (χ0v) is 14.3. The third kappa shape index (κ3) is 6.05. The molecule has 0 amide bonds. The number of nitrogen functional groups attached to an aromatic ring is 1. The number of nitrogens with zero attached hydrogens (tertiary/aromatic N) is 2. The fourth-order valence-electron chi connectivity index (χ4n) is 2.97. The van der Waals surface area contributed by atoms with Gasteiger partial charge in [0.1, 0.15) is 6.07 Å². The lowest BCUT2D eigenvalue weighted by atomic mass is 9.90. The molecule has 0 fully saturated rings. The normalized spacial score (nSPS) is 12.0. The third-order valence-electron chi connectivity index (χ3n) is 4.34. The van der Waals surface area contributed by atoms with Gasteiger partial charge in [0.25, 0.3) is 0 Å². The van der Waals surface area contributed by atoms with Crippen LogP contribution in [0, 0.1) is 11.3 Å². The van der Waals surface area contributed by atoms with Crippen LogP contribution in [0.1, 0.15) is 95.2 Å². The van der Waals surface area contributed by atoms with Crippen LogP contribution in [0.4, 0.5) is 5.69 Å². The number of aromatic nitrogens is 1. The van der Waals surface area contributed by atoms with E-state index in [1.54, 1.807) is 12.3 Å². The smallest absolute Gasteiger partial charge is 0.101 e. The monoisotopic (exact) mass is 301 g/mol. The molecule has 1 atom stereocenters. The minimum absolute atomic E-state index is 0.404. The molecule has 0 aromatic carbocycles. The highest BCUT2D eigenvalue weighted by molar-refractivity contribution is 5.57. The molecule has 1 unspecified atom stereocenters. The summed E-state index contributed by atoms with van der Waals surface area (Å²) in [6.45, 7) is 4.47. The molecule has 2 N–H and O–H groups in total. The molecular formula is C19H31N3. The van der Waals surface area contributed by atoms with Gasteiger partial charge in [-0.3, -0.25) is 4.98 Å². The van der Waals surface area contributed by atoms with Crippen molar-refractivity contribution in [1.82, 2.24) is 4.98 Å². The molecule has 0 aliphatic rings. The second-order valence-electron chi connectivity index (χ2n) is 6.16. The summed E-state index contributed by atoms with van der Waals surface area (Å²) in [5.41, 5.74) is 8.28. The summed E-state index contributed by atoms with van der Waals surface area (Å²) in [5, 5.41) is 9.15. The fourth-order valence-corrected chi connectivity index (χ4v) is 2.97. The van der Waals surface area contributed by atoms with Gasteiger partial charge in [0.2, 0.25) is 0 Å². The number of hydrogen-bond acceptors (Lipinski definition) is 3. The topological polar surface area (TPSA) is 62.7 Å². The van der Waals surface area contributed by atoms with Gasteiger partial charge in [-0.05, 0) is 18.9 Å². The summed E-state index contributed by atoms with van der Waals surface area (Å²) in [7, 11) is 0. The lowest BCUT2D eigenvalue weighted by molar-refractivity contribution is 0.491. The minimum atomic E-state index is 0.404. The predicted molar refractivity (Wildman–Crippen MR) is 93.6 cm³/mol. The number of anilines is 1. The summed E-state index contributed by atoms with van der Waals surface area (Å²) >= 11 is 0. The van der Waals surface area contributed by atoms with E-state index in [1.165, 1.54) is 51.4 Å². The Morgan fingerprint density at radius 2 is 1.64 bits per heavy atom. The molecule has 0 saturated carbocycles. The van der Waals surface area contributed by atoms with Gasteiger partial charge in [-0.1, -0.05) is 65.2 Å². The van der Waals surface area contributed by atoms with Crippen LogP contribution in [0.15, 0.2) is 12.3 Å². The van der Waals surface area contributed by atoms with E-state index in [0.717, 1.165) is 18.5 Å². The largest absolute Gasteiger partial charge is 0.396 e. The molecule has 0 spiro atoms. The van der Waals surface area contributed by atoms with Crippen LogP contribution in [0.25, 0.3) is 0 Å². The first kappa shape index (κ1) is 18.5. The molecule has 1 heterocycles. The molecule has 0 saturated heterocycles. The van der Waals surface area contributed by atoms with Crippen LogP contribution in [0.2, 0.25) is 0 Å². The fraction of sp³-hybridized carbons (Fsp3) is 0.684. The van der Waals surface area contributed by atoms with Crippen LogP contribution < -0.4 is 5.73 Å². The molecule has 122 valence electrons. The third-order valence-corrected chi connectivity index (χ3v) is 4.34. The van der Waals surface area contributed by atoms with Gasteiger partial charge in [0.15, 0.2) is 0 Å².